The number of hydrogen-bond acceptors (Lipinski definition) is 3. The maximum absolute atomic E-state index is 12.0. The van der Waals surface area contributed by atoms with Gasteiger partial charge in [0.2, 0.25) is 0 Å². The van der Waals surface area contributed by atoms with Gasteiger partial charge in [0.25, 0.3) is 6.43 Å². The maximum Gasteiger partial charge on any atom is 0.412 e. The smallest absolute Gasteiger partial charge is 0.412 e. The van der Waals surface area contributed by atoms with Crippen LogP contribution in [0.3, 0.4) is 0 Å². The molecule has 0 aliphatic rings. The Morgan fingerprint density at radius 3 is 2.47 bits per heavy atom. The van der Waals surface area contributed by atoms with E-state index in [-0.39, 0.29) is 12.7 Å². The molecule has 5 nitrogen and oxygen atoms in total. The van der Waals surface area contributed by atoms with E-state index >= 15 is 0 Å². The number of alkyl halides is 2. The summed E-state index contributed by atoms with van der Waals surface area (Å²) in [6.07, 6.45) is -3.98. The number of alkyl carbamates (subject to hydrolysis) is 1. The minimum absolute atomic E-state index is 0.0890. The van der Waals surface area contributed by atoms with Crippen LogP contribution in [0.1, 0.15) is 5.56 Å². The molecular formula is C12H11F2NO4. The summed E-state index contributed by atoms with van der Waals surface area (Å²) in [6.45, 7) is -0.0890. The van der Waals surface area contributed by atoms with Crippen molar-refractivity contribution in [3.8, 4) is 0 Å². The molecule has 0 bridgehead atoms. The number of hydrogen-bond donors (Lipinski definition) is 2. The van der Waals surface area contributed by atoms with E-state index in [0.717, 1.165) is 0 Å². The van der Waals surface area contributed by atoms with Crippen LogP contribution in [-0.4, -0.2) is 23.6 Å². The summed E-state index contributed by atoms with van der Waals surface area (Å²) in [4.78, 5) is 21.8. The van der Waals surface area contributed by atoms with Crippen molar-refractivity contribution in [2.75, 3.05) is 0 Å². The van der Waals surface area contributed by atoms with Crippen LogP contribution in [0.25, 0.3) is 0 Å². The molecule has 0 atom stereocenters. The number of amides is 1. The van der Waals surface area contributed by atoms with Crippen LogP contribution in [0.2, 0.25) is 0 Å². The van der Waals surface area contributed by atoms with Gasteiger partial charge in [-0.1, -0.05) is 30.3 Å². The maximum atomic E-state index is 12.0. The molecule has 0 saturated heterocycles. The van der Waals surface area contributed by atoms with Gasteiger partial charge in [0.1, 0.15) is 12.3 Å². The molecule has 0 heterocycles. The van der Waals surface area contributed by atoms with Crippen molar-refractivity contribution in [2.45, 2.75) is 13.0 Å². The fraction of sp³-hybridized carbons (Fsp3) is 0.167. The van der Waals surface area contributed by atoms with Crippen LogP contribution >= 0.6 is 0 Å². The number of carboxylic acid groups (broad SMARTS) is 1. The van der Waals surface area contributed by atoms with Gasteiger partial charge in [-0.25, -0.2) is 18.4 Å². The second-order valence-corrected chi connectivity index (χ2v) is 3.41. The largest absolute Gasteiger partial charge is 0.477 e. The van der Waals surface area contributed by atoms with Gasteiger partial charge in [-0.05, 0) is 5.56 Å². The number of carboxylic acids is 1. The van der Waals surface area contributed by atoms with Gasteiger partial charge in [0, 0.05) is 6.08 Å². The first-order valence-electron chi connectivity index (χ1n) is 5.20. The fourth-order valence-corrected chi connectivity index (χ4v) is 1.16. The summed E-state index contributed by atoms with van der Waals surface area (Å²) in [5.74, 6) is -1.67. The van der Waals surface area contributed by atoms with Gasteiger partial charge in [0.15, 0.2) is 0 Å². The standard InChI is InChI=1S/C12H11F2NO4/c13-10(14)6-9(11(16)17)15-12(18)19-7-8-4-2-1-3-5-8/h1-6,10H,7H2,(H,15,18)(H,16,17). The molecule has 1 rings (SSSR count). The Labute approximate surface area is 107 Å². The third-order valence-corrected chi connectivity index (χ3v) is 1.97. The predicted molar refractivity (Wildman–Crippen MR) is 61.5 cm³/mol. The Morgan fingerprint density at radius 2 is 1.95 bits per heavy atom. The quantitative estimate of drug-likeness (QED) is 0.804. The number of carbonyl (C=O) groups excluding carboxylic acids is 1. The minimum Gasteiger partial charge on any atom is -0.477 e. The lowest BCUT2D eigenvalue weighted by atomic mass is 10.2. The first-order valence-corrected chi connectivity index (χ1v) is 5.20. The molecule has 0 saturated carbocycles. The molecule has 19 heavy (non-hydrogen) atoms. The molecule has 0 aliphatic carbocycles. The van der Waals surface area contributed by atoms with E-state index in [9.17, 15) is 18.4 Å². The molecule has 102 valence electrons. The molecule has 0 fully saturated rings. The number of aliphatic carboxylic acids is 1. The Kier molecular flexibility index (Phi) is 5.46. The number of carbonyl (C=O) groups is 2. The normalized spacial score (nSPS) is 11.2. The first kappa shape index (κ1) is 14.6. The number of rotatable bonds is 5. The zero-order chi connectivity index (χ0) is 14.3. The monoisotopic (exact) mass is 271 g/mol. The Hall–Kier alpha value is -2.44. The van der Waals surface area contributed by atoms with E-state index in [4.69, 9.17) is 9.84 Å². The SMILES string of the molecule is O=C(NC(=CC(F)F)C(=O)O)OCc1ccccc1. The van der Waals surface area contributed by atoms with Crippen LogP contribution in [0, 0.1) is 0 Å². The molecule has 0 spiro atoms. The third-order valence-electron chi connectivity index (χ3n) is 1.97. The van der Waals surface area contributed by atoms with Crippen molar-refractivity contribution in [3.63, 3.8) is 0 Å². The highest BCUT2D eigenvalue weighted by atomic mass is 19.3. The van der Waals surface area contributed by atoms with Crippen molar-refractivity contribution in [3.05, 3.63) is 47.7 Å². The Morgan fingerprint density at radius 1 is 1.32 bits per heavy atom. The number of halogens is 2. The van der Waals surface area contributed by atoms with Crippen LogP contribution in [-0.2, 0) is 16.1 Å². The summed E-state index contributed by atoms with van der Waals surface area (Å²) >= 11 is 0. The van der Waals surface area contributed by atoms with Gasteiger partial charge >= 0.3 is 12.1 Å². The van der Waals surface area contributed by atoms with Crippen LogP contribution in [0.5, 0.6) is 0 Å². The predicted octanol–water partition coefficient (Wildman–Crippen LogP) is 2.15. The van der Waals surface area contributed by atoms with E-state index in [2.05, 4.69) is 0 Å². The Bertz CT molecular complexity index is 474. The second kappa shape index (κ2) is 7.10. The van der Waals surface area contributed by atoms with Crippen LogP contribution in [0.4, 0.5) is 13.6 Å². The van der Waals surface area contributed by atoms with Gasteiger partial charge < -0.3 is 9.84 Å². The van der Waals surface area contributed by atoms with E-state index in [1.165, 1.54) is 0 Å². The molecule has 2 N–H and O–H groups in total. The van der Waals surface area contributed by atoms with E-state index in [1.807, 2.05) is 0 Å². The number of allylic oxidation sites excluding steroid dienone is 1. The summed E-state index contributed by atoms with van der Waals surface area (Å²) in [7, 11) is 0. The van der Waals surface area contributed by atoms with Crippen molar-refractivity contribution >= 4 is 12.1 Å². The summed E-state index contributed by atoms with van der Waals surface area (Å²) in [5, 5.41) is 10.3. The average molecular weight is 271 g/mol. The van der Waals surface area contributed by atoms with Crippen molar-refractivity contribution < 1.29 is 28.2 Å². The second-order valence-electron chi connectivity index (χ2n) is 3.41. The molecule has 1 aromatic carbocycles. The molecule has 0 unspecified atom stereocenters. The first-order chi connectivity index (χ1) is 8.99. The van der Waals surface area contributed by atoms with Crippen molar-refractivity contribution in [1.82, 2.24) is 5.32 Å². The third kappa shape index (κ3) is 5.62. The Balaban J connectivity index is 2.52. The molecule has 7 heteroatoms. The summed E-state index contributed by atoms with van der Waals surface area (Å²) in [6, 6.07) is 8.63. The van der Waals surface area contributed by atoms with E-state index in [0.29, 0.717) is 5.56 Å². The molecule has 1 aromatic rings. The number of benzene rings is 1. The zero-order valence-corrected chi connectivity index (χ0v) is 9.68. The van der Waals surface area contributed by atoms with Gasteiger partial charge in [-0.15, -0.1) is 0 Å². The molecule has 1 amide bonds. The van der Waals surface area contributed by atoms with Gasteiger partial charge in [-0.2, -0.15) is 0 Å². The topological polar surface area (TPSA) is 75.6 Å². The number of nitrogens with one attached hydrogen (secondary N) is 1. The van der Waals surface area contributed by atoms with Crippen molar-refractivity contribution in [2.24, 2.45) is 0 Å². The van der Waals surface area contributed by atoms with E-state index in [1.54, 1.807) is 35.6 Å². The van der Waals surface area contributed by atoms with Crippen LogP contribution in [0.15, 0.2) is 42.1 Å². The highest BCUT2D eigenvalue weighted by molar-refractivity contribution is 5.90. The zero-order valence-electron chi connectivity index (χ0n) is 9.68. The average Bonchev–Trinajstić information content (AvgIpc) is 2.36. The number of ether oxygens (including phenoxy) is 1. The lowest BCUT2D eigenvalue weighted by Gasteiger charge is -2.07. The summed E-state index contributed by atoms with van der Waals surface area (Å²) < 4.78 is 28.7. The fourth-order valence-electron chi connectivity index (χ4n) is 1.16. The molecular weight excluding hydrogens is 260 g/mol. The van der Waals surface area contributed by atoms with E-state index < -0.39 is 24.2 Å². The lowest BCUT2D eigenvalue weighted by Crippen LogP contribution is -2.28. The van der Waals surface area contributed by atoms with Gasteiger partial charge in [0.05, 0.1) is 0 Å². The highest BCUT2D eigenvalue weighted by Gasteiger charge is 2.14. The lowest BCUT2D eigenvalue weighted by molar-refractivity contribution is -0.133. The molecule has 0 aliphatic heterocycles. The molecule has 0 aromatic heterocycles. The van der Waals surface area contributed by atoms with Crippen LogP contribution < -0.4 is 5.32 Å². The molecule has 0 radical (unpaired) electrons. The van der Waals surface area contributed by atoms with Gasteiger partial charge in [-0.3, -0.25) is 5.32 Å². The van der Waals surface area contributed by atoms with Crippen molar-refractivity contribution in [1.29, 1.82) is 0 Å². The minimum atomic E-state index is -2.99. The highest BCUT2D eigenvalue weighted by Crippen LogP contribution is 2.03. The summed E-state index contributed by atoms with van der Waals surface area (Å²) in [5.41, 5.74) is -0.236.